The second-order valence-electron chi connectivity index (χ2n) is 5.05. The van der Waals surface area contributed by atoms with E-state index in [-0.39, 0.29) is 17.9 Å². The Kier molecular flexibility index (Phi) is 2.96. The van der Waals surface area contributed by atoms with Gasteiger partial charge in [0.2, 0.25) is 5.95 Å². The third-order valence-electron chi connectivity index (χ3n) is 3.75. The molecule has 0 saturated carbocycles. The lowest BCUT2D eigenvalue weighted by Crippen LogP contribution is -2.27. The highest BCUT2D eigenvalue weighted by Gasteiger charge is 2.30. The Morgan fingerprint density at radius 3 is 3.05 bits per heavy atom. The third-order valence-corrected chi connectivity index (χ3v) is 4.74. The molecule has 1 aromatic carbocycles. The first-order valence-corrected chi connectivity index (χ1v) is 7.64. The molecular formula is C15H13FN4S. The minimum absolute atomic E-state index is 0.00782. The molecule has 0 radical (unpaired) electrons. The molecule has 2 atom stereocenters. The third kappa shape index (κ3) is 2.21. The molecule has 0 spiro atoms. The maximum Gasteiger partial charge on any atom is 0.222 e. The summed E-state index contributed by atoms with van der Waals surface area (Å²) >= 11 is 1.71. The van der Waals surface area contributed by atoms with Crippen molar-refractivity contribution in [1.82, 2.24) is 14.8 Å². The van der Waals surface area contributed by atoms with Crippen molar-refractivity contribution in [2.75, 3.05) is 5.32 Å². The van der Waals surface area contributed by atoms with Gasteiger partial charge in [-0.3, -0.25) is 0 Å². The van der Waals surface area contributed by atoms with Crippen LogP contribution in [-0.4, -0.2) is 14.8 Å². The standard InChI is InChI=1S/C15H13FN4S/c16-11-4-1-3-10(7-11)13-8-12(14-5-2-6-21-14)19-15-17-9-18-20(13)15/h1-7,9,12-13H,8H2,(H,17,18,19)/t12-,13-/m0/s1. The van der Waals surface area contributed by atoms with Crippen LogP contribution in [0, 0.1) is 5.82 Å². The van der Waals surface area contributed by atoms with Crippen molar-refractivity contribution in [2.24, 2.45) is 0 Å². The normalized spacial score (nSPS) is 20.8. The van der Waals surface area contributed by atoms with E-state index >= 15 is 0 Å². The fourth-order valence-electron chi connectivity index (χ4n) is 2.79. The number of fused-ring (bicyclic) bond motifs is 1. The number of hydrogen-bond donors (Lipinski definition) is 1. The molecule has 0 unspecified atom stereocenters. The number of halogens is 1. The van der Waals surface area contributed by atoms with E-state index < -0.39 is 0 Å². The van der Waals surface area contributed by atoms with Crippen LogP contribution in [0.1, 0.15) is 28.9 Å². The maximum absolute atomic E-state index is 13.5. The second kappa shape index (κ2) is 4.96. The van der Waals surface area contributed by atoms with Gasteiger partial charge in [-0.2, -0.15) is 10.1 Å². The van der Waals surface area contributed by atoms with Gasteiger partial charge in [-0.25, -0.2) is 9.07 Å². The average Bonchev–Trinajstić information content (AvgIpc) is 3.17. The van der Waals surface area contributed by atoms with Gasteiger partial charge in [0.25, 0.3) is 0 Å². The van der Waals surface area contributed by atoms with Crippen LogP contribution in [0.2, 0.25) is 0 Å². The number of rotatable bonds is 2. The lowest BCUT2D eigenvalue weighted by atomic mass is 9.97. The Hall–Kier alpha value is -2.21. The van der Waals surface area contributed by atoms with Gasteiger partial charge in [0.1, 0.15) is 12.1 Å². The fraction of sp³-hybridized carbons (Fsp3) is 0.200. The summed E-state index contributed by atoms with van der Waals surface area (Å²) in [5, 5.41) is 9.75. The molecule has 0 fully saturated rings. The number of nitrogens with one attached hydrogen (secondary N) is 1. The zero-order chi connectivity index (χ0) is 14.2. The molecule has 3 heterocycles. The number of thiophene rings is 1. The van der Waals surface area contributed by atoms with Gasteiger partial charge >= 0.3 is 0 Å². The lowest BCUT2D eigenvalue weighted by molar-refractivity contribution is 0.431. The summed E-state index contributed by atoms with van der Waals surface area (Å²) in [5.74, 6) is 0.509. The lowest BCUT2D eigenvalue weighted by Gasteiger charge is -2.31. The fourth-order valence-corrected chi connectivity index (χ4v) is 3.58. The van der Waals surface area contributed by atoms with E-state index in [2.05, 4.69) is 26.8 Å². The molecule has 1 N–H and O–H groups in total. The summed E-state index contributed by atoms with van der Waals surface area (Å²) in [6, 6.07) is 11.0. The summed E-state index contributed by atoms with van der Waals surface area (Å²) in [5.41, 5.74) is 0.921. The van der Waals surface area contributed by atoms with Crippen molar-refractivity contribution < 1.29 is 4.39 Å². The Labute approximate surface area is 125 Å². The van der Waals surface area contributed by atoms with Crippen molar-refractivity contribution in [3.8, 4) is 0 Å². The molecule has 6 heteroatoms. The highest BCUT2D eigenvalue weighted by atomic mass is 32.1. The van der Waals surface area contributed by atoms with E-state index in [0.717, 1.165) is 17.9 Å². The molecule has 0 amide bonds. The Morgan fingerprint density at radius 2 is 2.24 bits per heavy atom. The molecule has 4 nitrogen and oxygen atoms in total. The number of benzene rings is 1. The first-order valence-electron chi connectivity index (χ1n) is 6.76. The Morgan fingerprint density at radius 1 is 1.29 bits per heavy atom. The first-order chi connectivity index (χ1) is 10.3. The zero-order valence-corrected chi connectivity index (χ0v) is 11.9. The number of hydrogen-bond acceptors (Lipinski definition) is 4. The minimum atomic E-state index is -0.222. The zero-order valence-electron chi connectivity index (χ0n) is 11.1. The van der Waals surface area contributed by atoms with Crippen molar-refractivity contribution in [3.63, 3.8) is 0 Å². The topological polar surface area (TPSA) is 42.7 Å². The van der Waals surface area contributed by atoms with Crippen LogP contribution in [0.3, 0.4) is 0 Å². The number of nitrogens with zero attached hydrogens (tertiary/aromatic N) is 3. The smallest absolute Gasteiger partial charge is 0.222 e. The Balaban J connectivity index is 1.76. The Bertz CT molecular complexity index is 753. The van der Waals surface area contributed by atoms with E-state index in [4.69, 9.17) is 0 Å². The largest absolute Gasteiger partial charge is 0.347 e. The van der Waals surface area contributed by atoms with Gasteiger partial charge in [-0.15, -0.1) is 11.3 Å². The van der Waals surface area contributed by atoms with Gasteiger partial charge in [0, 0.05) is 4.88 Å². The van der Waals surface area contributed by atoms with E-state index in [1.807, 2.05) is 16.8 Å². The molecule has 0 saturated heterocycles. The van der Waals surface area contributed by atoms with Crippen LogP contribution in [-0.2, 0) is 0 Å². The van der Waals surface area contributed by atoms with Gasteiger partial charge in [0.15, 0.2) is 0 Å². The molecule has 1 aliphatic heterocycles. The second-order valence-corrected chi connectivity index (χ2v) is 6.03. The van der Waals surface area contributed by atoms with E-state index in [0.29, 0.717) is 0 Å². The molecule has 2 aromatic heterocycles. The number of aromatic nitrogens is 3. The van der Waals surface area contributed by atoms with Gasteiger partial charge in [0.05, 0.1) is 12.1 Å². The van der Waals surface area contributed by atoms with E-state index in [1.54, 1.807) is 23.5 Å². The molecule has 21 heavy (non-hydrogen) atoms. The summed E-state index contributed by atoms with van der Waals surface area (Å²) in [6.45, 7) is 0. The van der Waals surface area contributed by atoms with Crippen molar-refractivity contribution in [2.45, 2.75) is 18.5 Å². The summed E-state index contributed by atoms with van der Waals surface area (Å²) < 4.78 is 15.4. The predicted octanol–water partition coefficient (Wildman–Crippen LogP) is 3.63. The number of anilines is 1. The van der Waals surface area contributed by atoms with Crippen molar-refractivity contribution >= 4 is 17.3 Å². The molecular weight excluding hydrogens is 287 g/mol. The molecule has 1 aliphatic rings. The molecule has 4 rings (SSSR count). The molecule has 3 aromatic rings. The van der Waals surface area contributed by atoms with Crippen LogP contribution in [0.15, 0.2) is 48.1 Å². The van der Waals surface area contributed by atoms with Gasteiger partial charge in [-0.1, -0.05) is 18.2 Å². The molecule has 0 aliphatic carbocycles. The monoisotopic (exact) mass is 300 g/mol. The van der Waals surface area contributed by atoms with Crippen molar-refractivity contribution in [1.29, 1.82) is 0 Å². The highest BCUT2D eigenvalue weighted by molar-refractivity contribution is 7.10. The van der Waals surface area contributed by atoms with E-state index in [1.165, 1.54) is 17.3 Å². The molecule has 106 valence electrons. The van der Waals surface area contributed by atoms with E-state index in [9.17, 15) is 4.39 Å². The summed E-state index contributed by atoms with van der Waals surface area (Å²) in [4.78, 5) is 5.52. The van der Waals surface area contributed by atoms with Crippen LogP contribution >= 0.6 is 11.3 Å². The highest BCUT2D eigenvalue weighted by Crippen LogP contribution is 2.38. The predicted molar refractivity (Wildman–Crippen MR) is 79.9 cm³/mol. The summed E-state index contributed by atoms with van der Waals surface area (Å²) in [6.07, 6.45) is 2.35. The SMILES string of the molecule is Fc1cccc([C@@H]2C[C@@H](c3cccs3)Nc3ncnn32)c1. The van der Waals surface area contributed by atoms with Gasteiger partial charge < -0.3 is 5.32 Å². The first kappa shape index (κ1) is 12.5. The van der Waals surface area contributed by atoms with Crippen molar-refractivity contribution in [3.05, 3.63) is 64.4 Å². The minimum Gasteiger partial charge on any atom is -0.347 e. The van der Waals surface area contributed by atoms with Gasteiger partial charge in [-0.05, 0) is 35.6 Å². The van der Waals surface area contributed by atoms with Crippen LogP contribution < -0.4 is 5.32 Å². The van der Waals surface area contributed by atoms with Crippen LogP contribution in [0.4, 0.5) is 10.3 Å². The average molecular weight is 300 g/mol. The maximum atomic E-state index is 13.5. The van der Waals surface area contributed by atoms with Crippen LogP contribution in [0.5, 0.6) is 0 Å². The van der Waals surface area contributed by atoms with Crippen LogP contribution in [0.25, 0.3) is 0 Å². The molecule has 0 bridgehead atoms. The quantitative estimate of drug-likeness (QED) is 0.786. The summed E-state index contributed by atoms with van der Waals surface area (Å²) in [7, 11) is 0.